The molecular weight excluding hydrogens is 408 g/mol. The van der Waals surface area contributed by atoms with Gasteiger partial charge in [-0.2, -0.15) is 0 Å². The van der Waals surface area contributed by atoms with Crippen LogP contribution < -0.4 is 5.32 Å². The minimum atomic E-state index is -0.765. The summed E-state index contributed by atoms with van der Waals surface area (Å²) in [6.45, 7) is 13.6. The average Bonchev–Trinajstić information content (AvgIpc) is 2.97. The number of carbonyl (C=O) groups excluding carboxylic acids is 3. The monoisotopic (exact) mass is 450 g/mol. The molecule has 0 spiro atoms. The smallest absolute Gasteiger partial charge is 0.310 e. The lowest BCUT2D eigenvalue weighted by atomic mass is 9.68. The summed E-state index contributed by atoms with van der Waals surface area (Å²) >= 11 is 0. The van der Waals surface area contributed by atoms with Crippen molar-refractivity contribution in [3.05, 3.63) is 12.2 Å². The summed E-state index contributed by atoms with van der Waals surface area (Å²) in [5.74, 6) is -2.44. The summed E-state index contributed by atoms with van der Waals surface area (Å²) in [6, 6.07) is -1.25. The number of hydrogen-bond acceptors (Lipinski definition) is 5. The normalized spacial score (nSPS) is 28.6. The van der Waals surface area contributed by atoms with E-state index in [0.717, 1.165) is 12.8 Å². The van der Waals surface area contributed by atoms with Gasteiger partial charge in [-0.15, -0.1) is 0 Å². The van der Waals surface area contributed by atoms with Crippen molar-refractivity contribution in [3.8, 4) is 0 Å². The molecule has 0 radical (unpaired) electrons. The molecule has 182 valence electrons. The van der Waals surface area contributed by atoms with Gasteiger partial charge in [0.05, 0.1) is 31.1 Å². The lowest BCUT2D eigenvalue weighted by Gasteiger charge is -2.36. The number of aliphatic hydroxyl groups is 1. The Morgan fingerprint density at radius 3 is 2.38 bits per heavy atom. The maximum Gasteiger partial charge on any atom is 0.310 e. The van der Waals surface area contributed by atoms with E-state index in [2.05, 4.69) is 12.2 Å². The van der Waals surface area contributed by atoms with Gasteiger partial charge in [-0.1, -0.05) is 39.3 Å². The van der Waals surface area contributed by atoms with Crippen molar-refractivity contribution >= 4 is 17.8 Å². The molecule has 1 saturated heterocycles. The van der Waals surface area contributed by atoms with Gasteiger partial charge in [-0.3, -0.25) is 14.4 Å². The lowest BCUT2D eigenvalue weighted by molar-refractivity contribution is -0.156. The molecule has 0 aromatic carbocycles. The van der Waals surface area contributed by atoms with Crippen LogP contribution in [0.2, 0.25) is 0 Å². The number of likely N-dealkylation sites (tertiary alicyclic amines) is 1. The highest BCUT2D eigenvalue weighted by Gasteiger charge is 2.59. The van der Waals surface area contributed by atoms with E-state index in [1.807, 2.05) is 46.8 Å². The Morgan fingerprint density at radius 2 is 1.88 bits per heavy atom. The third-order valence-electron chi connectivity index (χ3n) is 6.34. The molecule has 2 aliphatic rings. The number of esters is 1. The number of fused-ring (bicyclic) bond motifs is 1. The van der Waals surface area contributed by atoms with Gasteiger partial charge in [0.25, 0.3) is 0 Å². The first-order chi connectivity index (χ1) is 15.0. The van der Waals surface area contributed by atoms with E-state index < -0.39 is 35.4 Å². The Morgan fingerprint density at radius 1 is 1.22 bits per heavy atom. The van der Waals surface area contributed by atoms with Crippen LogP contribution in [0.15, 0.2) is 12.2 Å². The molecule has 0 bridgehead atoms. The molecule has 0 aromatic rings. The second kappa shape index (κ2) is 10.8. The van der Waals surface area contributed by atoms with E-state index in [9.17, 15) is 19.5 Å². The van der Waals surface area contributed by atoms with Gasteiger partial charge >= 0.3 is 5.97 Å². The zero-order valence-electron chi connectivity index (χ0n) is 20.8. The van der Waals surface area contributed by atoms with Crippen LogP contribution >= 0.6 is 0 Å². The Bertz CT molecular complexity index is 712. The lowest BCUT2D eigenvalue weighted by Crippen LogP contribution is -2.55. The number of aliphatic hydroxyl groups excluding tert-OH is 1. The van der Waals surface area contributed by atoms with Gasteiger partial charge in [-0.25, -0.2) is 0 Å². The molecule has 1 heterocycles. The first-order valence-corrected chi connectivity index (χ1v) is 12.1. The van der Waals surface area contributed by atoms with Crippen molar-refractivity contribution in [2.75, 3.05) is 13.2 Å². The fourth-order valence-electron chi connectivity index (χ4n) is 5.27. The summed E-state index contributed by atoms with van der Waals surface area (Å²) in [7, 11) is 0. The molecule has 1 fully saturated rings. The quantitative estimate of drug-likeness (QED) is 0.416. The number of ether oxygens (including phenoxy) is 1. The number of allylic oxidation sites excluding steroid dienone is 1. The Balaban J connectivity index is 2.56. The number of carbonyl (C=O) groups is 3. The van der Waals surface area contributed by atoms with E-state index in [-0.39, 0.29) is 42.8 Å². The van der Waals surface area contributed by atoms with Crippen molar-refractivity contribution in [2.45, 2.75) is 85.4 Å². The van der Waals surface area contributed by atoms with Crippen molar-refractivity contribution < 1.29 is 24.2 Å². The van der Waals surface area contributed by atoms with Gasteiger partial charge < -0.3 is 20.1 Å². The summed E-state index contributed by atoms with van der Waals surface area (Å²) in [6.07, 6.45) is 6.17. The fourth-order valence-corrected chi connectivity index (χ4v) is 5.27. The van der Waals surface area contributed by atoms with Crippen LogP contribution in [0.1, 0.15) is 67.7 Å². The molecular formula is C25H42N2O5. The van der Waals surface area contributed by atoms with E-state index >= 15 is 0 Å². The molecule has 1 aliphatic carbocycles. The second-order valence-corrected chi connectivity index (χ2v) is 10.6. The first-order valence-electron chi connectivity index (χ1n) is 12.1. The van der Waals surface area contributed by atoms with Gasteiger partial charge in [0.2, 0.25) is 11.8 Å². The van der Waals surface area contributed by atoms with Crippen LogP contribution in [0.4, 0.5) is 0 Å². The molecule has 2 N–H and O–H groups in total. The number of nitrogens with zero attached hydrogens (tertiary/aromatic N) is 1. The third kappa shape index (κ3) is 5.72. The zero-order chi connectivity index (χ0) is 24.2. The molecule has 1 aliphatic heterocycles. The van der Waals surface area contributed by atoms with Crippen LogP contribution in [0.25, 0.3) is 0 Å². The number of nitrogens with one attached hydrogen (secondary N) is 1. The summed E-state index contributed by atoms with van der Waals surface area (Å²) in [5.41, 5.74) is -0.472. The second-order valence-electron chi connectivity index (χ2n) is 10.6. The van der Waals surface area contributed by atoms with Crippen LogP contribution in [-0.4, -0.2) is 58.6 Å². The molecule has 0 unspecified atom stereocenters. The van der Waals surface area contributed by atoms with Crippen LogP contribution in [0.3, 0.4) is 0 Å². The molecule has 2 amide bonds. The average molecular weight is 451 g/mol. The van der Waals surface area contributed by atoms with Crippen molar-refractivity contribution in [1.82, 2.24) is 10.2 Å². The van der Waals surface area contributed by atoms with Gasteiger partial charge in [0.15, 0.2) is 0 Å². The number of amides is 2. The molecule has 2 rings (SSSR count). The largest absolute Gasteiger partial charge is 0.466 e. The van der Waals surface area contributed by atoms with Gasteiger partial charge in [0, 0.05) is 11.5 Å². The van der Waals surface area contributed by atoms with Gasteiger partial charge in [-0.05, 0) is 52.4 Å². The third-order valence-corrected chi connectivity index (χ3v) is 6.34. The fraction of sp³-hybridized carbons (Fsp3) is 0.800. The topological polar surface area (TPSA) is 95.9 Å². The summed E-state index contributed by atoms with van der Waals surface area (Å²) < 4.78 is 5.38. The highest BCUT2D eigenvalue weighted by molar-refractivity contribution is 5.96. The predicted molar refractivity (Wildman–Crippen MR) is 123 cm³/mol. The van der Waals surface area contributed by atoms with E-state index in [4.69, 9.17) is 4.74 Å². The molecule has 7 heteroatoms. The molecule has 6 atom stereocenters. The van der Waals surface area contributed by atoms with Crippen molar-refractivity contribution in [1.29, 1.82) is 0 Å². The Kier molecular flexibility index (Phi) is 8.91. The standard InChI is InChI=1S/C25H42N2O5/c1-8-10-16-11-12-18-20(19(16)24(31)32-9-2)23(30)27(17(14-28)13-15(3)4)21(18)22(29)26-25(5,6)7/h11-12,15-21,28H,8-10,13-14H2,1-7H3,(H,26,29)/t16-,17-,18+,19-,20-,21+/m1/s1. The maximum absolute atomic E-state index is 13.9. The Labute approximate surface area is 192 Å². The molecule has 0 aromatic heterocycles. The van der Waals surface area contributed by atoms with Gasteiger partial charge in [0.1, 0.15) is 6.04 Å². The number of hydrogen-bond donors (Lipinski definition) is 2. The van der Waals surface area contributed by atoms with Crippen LogP contribution in [-0.2, 0) is 19.1 Å². The SMILES string of the molecule is CCC[C@@H]1C=C[C@H]2[C@@H](C(=O)N([C@@H](CO)CC(C)C)[C@@H]2C(=O)NC(C)(C)C)[C@@H]1C(=O)OCC. The molecule has 7 nitrogen and oxygen atoms in total. The number of rotatable bonds is 9. The van der Waals surface area contributed by atoms with E-state index in [0.29, 0.717) is 6.42 Å². The summed E-state index contributed by atoms with van der Waals surface area (Å²) in [5, 5.41) is 13.2. The highest BCUT2D eigenvalue weighted by Crippen LogP contribution is 2.46. The highest BCUT2D eigenvalue weighted by atomic mass is 16.5. The summed E-state index contributed by atoms with van der Waals surface area (Å²) in [4.78, 5) is 41.9. The van der Waals surface area contributed by atoms with Crippen molar-refractivity contribution in [2.24, 2.45) is 29.6 Å². The minimum absolute atomic E-state index is 0.104. The molecule has 0 saturated carbocycles. The maximum atomic E-state index is 13.9. The Hall–Kier alpha value is -1.89. The minimum Gasteiger partial charge on any atom is -0.466 e. The first kappa shape index (κ1) is 26.4. The van der Waals surface area contributed by atoms with E-state index in [1.54, 1.807) is 11.8 Å². The van der Waals surface area contributed by atoms with Crippen LogP contribution in [0, 0.1) is 29.6 Å². The zero-order valence-corrected chi connectivity index (χ0v) is 20.8. The predicted octanol–water partition coefficient (Wildman–Crippen LogP) is 2.92. The van der Waals surface area contributed by atoms with Crippen molar-refractivity contribution in [3.63, 3.8) is 0 Å². The van der Waals surface area contributed by atoms with Crippen LogP contribution in [0.5, 0.6) is 0 Å². The van der Waals surface area contributed by atoms with E-state index in [1.165, 1.54) is 0 Å². The molecule has 32 heavy (non-hydrogen) atoms.